The number of carbonyl (C=O) groups is 3. The van der Waals surface area contributed by atoms with Crippen molar-refractivity contribution in [3.8, 4) is 0 Å². The second kappa shape index (κ2) is 8.25. The number of unbranched alkanes of at least 4 members (excludes halogenated alkanes) is 2. The van der Waals surface area contributed by atoms with E-state index in [0.717, 1.165) is 44.9 Å². The Kier molecular flexibility index (Phi) is 6.05. The third-order valence-corrected chi connectivity index (χ3v) is 9.84. The minimum atomic E-state index is -1.03. The summed E-state index contributed by atoms with van der Waals surface area (Å²) in [7, 11) is 0. The van der Waals surface area contributed by atoms with Crippen molar-refractivity contribution in [3.63, 3.8) is 0 Å². The lowest BCUT2D eigenvalue weighted by atomic mass is 9.48. The number of fused-ring (bicyclic) bond motifs is 5. The van der Waals surface area contributed by atoms with Gasteiger partial charge in [0.15, 0.2) is 17.2 Å². The molecular weight excluding hydrogens is 400 g/mol. The van der Waals surface area contributed by atoms with Crippen LogP contribution in [0.4, 0.5) is 0 Å². The first kappa shape index (κ1) is 23.4. The van der Waals surface area contributed by atoms with Crippen molar-refractivity contribution in [1.29, 1.82) is 0 Å². The van der Waals surface area contributed by atoms with Gasteiger partial charge in [-0.1, -0.05) is 52.7 Å². The minimum Gasteiger partial charge on any atom is -0.450 e. The summed E-state index contributed by atoms with van der Waals surface area (Å²) in [6.45, 7) is 10.4. The lowest BCUT2D eigenvalue weighted by Gasteiger charge is -2.57. The Balaban J connectivity index is 1.68. The third kappa shape index (κ3) is 3.27. The van der Waals surface area contributed by atoms with Crippen molar-refractivity contribution in [2.45, 2.75) is 98.0 Å². The second-order valence-electron chi connectivity index (χ2n) is 11.4. The first-order valence-electron chi connectivity index (χ1n) is 12.8. The molecule has 2 fully saturated rings. The molecule has 0 heterocycles. The van der Waals surface area contributed by atoms with E-state index in [4.69, 9.17) is 4.74 Å². The maximum Gasteiger partial charge on any atom is 0.306 e. The van der Waals surface area contributed by atoms with Crippen LogP contribution in [0.5, 0.6) is 0 Å². The number of carbonyl (C=O) groups excluding carboxylic acids is 3. The molecule has 0 bridgehead atoms. The molecule has 4 aliphatic rings. The van der Waals surface area contributed by atoms with Crippen LogP contribution >= 0.6 is 0 Å². The summed E-state index contributed by atoms with van der Waals surface area (Å²) in [5, 5.41) is 0. The van der Waals surface area contributed by atoms with Gasteiger partial charge in [-0.3, -0.25) is 14.4 Å². The zero-order valence-corrected chi connectivity index (χ0v) is 20.5. The number of hydrogen-bond donors (Lipinski definition) is 0. The van der Waals surface area contributed by atoms with Crippen LogP contribution in [0.3, 0.4) is 0 Å². The first-order valence-corrected chi connectivity index (χ1v) is 12.8. The molecule has 0 saturated heterocycles. The highest BCUT2D eigenvalue weighted by molar-refractivity contribution is 5.92. The minimum absolute atomic E-state index is 0.00661. The van der Waals surface area contributed by atoms with Gasteiger partial charge >= 0.3 is 5.97 Å². The molecule has 4 aliphatic carbocycles. The van der Waals surface area contributed by atoms with Gasteiger partial charge in [0.05, 0.1) is 0 Å². The van der Waals surface area contributed by atoms with Crippen molar-refractivity contribution in [2.75, 3.05) is 0 Å². The van der Waals surface area contributed by atoms with Crippen LogP contribution in [0.1, 0.15) is 92.4 Å². The Hall–Kier alpha value is -1.71. The Morgan fingerprint density at radius 2 is 1.91 bits per heavy atom. The van der Waals surface area contributed by atoms with Crippen LogP contribution < -0.4 is 0 Å². The van der Waals surface area contributed by atoms with Crippen LogP contribution in [-0.2, 0) is 19.1 Å². The zero-order chi connectivity index (χ0) is 23.3. The lowest BCUT2D eigenvalue weighted by Crippen LogP contribution is -2.59. The molecule has 0 aromatic heterocycles. The largest absolute Gasteiger partial charge is 0.450 e. The summed E-state index contributed by atoms with van der Waals surface area (Å²) in [6.07, 6.45) is 13.9. The summed E-state index contributed by atoms with van der Waals surface area (Å²) >= 11 is 0. The number of esters is 1. The quantitative estimate of drug-likeness (QED) is 0.376. The summed E-state index contributed by atoms with van der Waals surface area (Å²) in [6, 6.07) is 0. The van der Waals surface area contributed by atoms with Crippen molar-refractivity contribution in [3.05, 3.63) is 23.8 Å². The van der Waals surface area contributed by atoms with Gasteiger partial charge in [-0.2, -0.15) is 0 Å². The molecule has 0 aliphatic heterocycles. The standard InChI is InChI=1S/C28H40O4/c1-6-7-8-9-25(31)32-28(19(3)29)18(2)16-24-22-11-10-20-17-21(30)12-14-26(20,4)23(22)13-15-27(24,28)5/h10-11,17-18,22-24H,6-9,12-16H2,1-5H3/t18?,22-,23+,24+,26+,27+,28+/m1/s1. The highest BCUT2D eigenvalue weighted by Gasteiger charge is 2.70. The Morgan fingerprint density at radius 1 is 1.16 bits per heavy atom. The number of hydrogen-bond acceptors (Lipinski definition) is 4. The highest BCUT2D eigenvalue weighted by Crippen LogP contribution is 2.68. The van der Waals surface area contributed by atoms with Gasteiger partial charge in [-0.15, -0.1) is 0 Å². The Bertz CT molecular complexity index is 869. The number of ether oxygens (including phenoxy) is 1. The van der Waals surface area contributed by atoms with Gasteiger partial charge in [0.1, 0.15) is 0 Å². The molecule has 7 atom stereocenters. The van der Waals surface area contributed by atoms with Crippen LogP contribution in [0.2, 0.25) is 0 Å². The Morgan fingerprint density at radius 3 is 2.59 bits per heavy atom. The molecule has 4 rings (SSSR count). The van der Waals surface area contributed by atoms with Gasteiger partial charge < -0.3 is 4.74 Å². The summed E-state index contributed by atoms with van der Waals surface area (Å²) in [4.78, 5) is 38.2. The predicted octanol–water partition coefficient (Wildman–Crippen LogP) is 5.99. The fraction of sp³-hybridized carbons (Fsp3) is 0.750. The molecule has 1 unspecified atom stereocenters. The van der Waals surface area contributed by atoms with Crippen molar-refractivity contribution in [1.82, 2.24) is 0 Å². The van der Waals surface area contributed by atoms with E-state index < -0.39 is 5.60 Å². The predicted molar refractivity (Wildman–Crippen MR) is 125 cm³/mol. The van der Waals surface area contributed by atoms with Crippen LogP contribution in [0.25, 0.3) is 0 Å². The number of Topliss-reactive ketones (excluding diaryl/α,β-unsaturated/α-hetero) is 1. The smallest absolute Gasteiger partial charge is 0.306 e. The van der Waals surface area contributed by atoms with E-state index in [-0.39, 0.29) is 34.3 Å². The lowest BCUT2D eigenvalue weighted by molar-refractivity contribution is -0.192. The van der Waals surface area contributed by atoms with Crippen LogP contribution in [0.15, 0.2) is 23.8 Å². The Labute approximate surface area is 193 Å². The van der Waals surface area contributed by atoms with Crippen molar-refractivity contribution in [2.24, 2.45) is 34.5 Å². The number of ketones is 2. The molecule has 0 amide bonds. The monoisotopic (exact) mass is 440 g/mol. The van der Waals surface area contributed by atoms with Crippen LogP contribution in [-0.4, -0.2) is 23.1 Å². The average Bonchev–Trinajstić information content (AvgIpc) is 2.96. The first-order chi connectivity index (χ1) is 15.1. The van der Waals surface area contributed by atoms with E-state index in [2.05, 4.69) is 39.8 Å². The fourth-order valence-corrected chi connectivity index (χ4v) is 8.12. The van der Waals surface area contributed by atoms with Gasteiger partial charge in [0.25, 0.3) is 0 Å². The molecule has 176 valence electrons. The van der Waals surface area contributed by atoms with E-state index in [0.29, 0.717) is 30.6 Å². The SMILES string of the molecule is CCCCCC(=O)O[C@]1(C(C)=O)C(C)C[C@H]2[C@@H]3C=CC4=CC(=O)CC[C@]4(C)[C@H]3CC[C@@]21C. The van der Waals surface area contributed by atoms with Gasteiger partial charge in [-0.25, -0.2) is 0 Å². The topological polar surface area (TPSA) is 60.4 Å². The van der Waals surface area contributed by atoms with Gasteiger partial charge in [0.2, 0.25) is 0 Å². The molecular formula is C28H40O4. The molecule has 0 radical (unpaired) electrons. The number of rotatable bonds is 6. The maximum atomic E-state index is 13.2. The summed E-state index contributed by atoms with van der Waals surface area (Å²) in [5.74, 6) is 1.16. The van der Waals surface area contributed by atoms with Crippen molar-refractivity contribution < 1.29 is 19.1 Å². The highest BCUT2D eigenvalue weighted by atomic mass is 16.6. The molecule has 2 saturated carbocycles. The number of allylic oxidation sites excluding steroid dienone is 4. The zero-order valence-electron chi connectivity index (χ0n) is 20.5. The maximum absolute atomic E-state index is 13.2. The average molecular weight is 441 g/mol. The summed E-state index contributed by atoms with van der Waals surface area (Å²) in [5.41, 5.74) is -0.174. The summed E-state index contributed by atoms with van der Waals surface area (Å²) < 4.78 is 6.25. The van der Waals surface area contributed by atoms with E-state index in [1.807, 2.05) is 6.08 Å². The molecule has 4 nitrogen and oxygen atoms in total. The molecule has 4 heteroatoms. The molecule has 0 N–H and O–H groups in total. The van der Waals surface area contributed by atoms with E-state index in [1.165, 1.54) is 5.57 Å². The third-order valence-electron chi connectivity index (χ3n) is 9.84. The van der Waals surface area contributed by atoms with E-state index >= 15 is 0 Å². The fourth-order valence-electron chi connectivity index (χ4n) is 8.12. The van der Waals surface area contributed by atoms with Gasteiger partial charge in [-0.05, 0) is 73.8 Å². The van der Waals surface area contributed by atoms with Crippen LogP contribution in [0, 0.1) is 34.5 Å². The molecule has 0 aromatic rings. The van der Waals surface area contributed by atoms with Crippen molar-refractivity contribution >= 4 is 17.5 Å². The van der Waals surface area contributed by atoms with Gasteiger partial charge in [0, 0.05) is 24.2 Å². The molecule has 0 spiro atoms. The normalized spacial score (nSPS) is 42.5. The molecule has 0 aromatic carbocycles. The second-order valence-corrected chi connectivity index (χ2v) is 11.4. The molecule has 32 heavy (non-hydrogen) atoms. The van der Waals surface area contributed by atoms with E-state index in [9.17, 15) is 14.4 Å². The van der Waals surface area contributed by atoms with E-state index in [1.54, 1.807) is 6.92 Å².